The molecular weight excluding hydrogens is 931 g/mol. The molecule has 4 aliphatic carbocycles. The minimum Gasteiger partial charge on any atom is -0.439 e. The van der Waals surface area contributed by atoms with Crippen LogP contribution in [0.4, 0.5) is 30.8 Å². The molecule has 0 spiro atoms. The largest absolute Gasteiger partial charge is 0.439 e. The quantitative estimate of drug-likeness (QED) is 0.160. The molecule has 1 unspecified atom stereocenters. The zero-order valence-electron chi connectivity index (χ0n) is 40.3. The third kappa shape index (κ3) is 8.43. The maximum Gasteiger partial charge on any atom is 0.410 e. The topological polar surface area (TPSA) is 227 Å². The van der Waals surface area contributed by atoms with Crippen molar-refractivity contribution in [3.05, 3.63) is 53.8 Å². The van der Waals surface area contributed by atoms with Crippen molar-refractivity contribution in [3.63, 3.8) is 0 Å². The fourth-order valence-corrected chi connectivity index (χ4v) is 12.0. The number of carbonyl (C=O) groups is 4. The molecule has 8 heterocycles. The van der Waals surface area contributed by atoms with Crippen molar-refractivity contribution in [2.45, 2.75) is 94.0 Å². The van der Waals surface area contributed by atoms with Crippen molar-refractivity contribution >= 4 is 52.0 Å². The van der Waals surface area contributed by atoms with Gasteiger partial charge >= 0.3 is 6.09 Å². The third-order valence-electron chi connectivity index (χ3n) is 16.5. The van der Waals surface area contributed by atoms with Gasteiger partial charge in [0.25, 0.3) is 5.91 Å². The van der Waals surface area contributed by atoms with Gasteiger partial charge in [0, 0.05) is 96.4 Å². The average Bonchev–Trinajstić information content (AvgIpc) is 4.00. The predicted molar refractivity (Wildman–Crippen MR) is 257 cm³/mol. The van der Waals surface area contributed by atoms with Crippen LogP contribution in [0.25, 0.3) is 33.8 Å². The zero-order valence-corrected chi connectivity index (χ0v) is 40.3. The fourth-order valence-electron chi connectivity index (χ4n) is 12.0. The number of nitrogens with two attached hydrogens (primary N) is 1. The van der Waals surface area contributed by atoms with Gasteiger partial charge in [-0.1, -0.05) is 5.16 Å². The van der Waals surface area contributed by atoms with E-state index >= 15 is 8.78 Å². The van der Waals surface area contributed by atoms with Gasteiger partial charge in [-0.15, -0.1) is 0 Å². The van der Waals surface area contributed by atoms with Crippen molar-refractivity contribution in [1.82, 2.24) is 54.9 Å². The highest BCUT2D eigenvalue weighted by atomic mass is 19.1. The molecule has 1 aromatic carbocycles. The standard InChI is InChI=1S/C50H58F2N14O6/c1-61(36-4-5-37(67)58-48(36)69)33-18-34(51)43(35(52)19-33)64-16-14-62(15-17-64)25-28-6-10-63(11-7-28)38(68)26-71-49(70)65-12-8-30(9-13-65)32-23-54-46(55-24-32)39-42(60-72-44(39)31-2-3-31)41-40-45(53)56-27-57-47(40)66(59-41)50-20-29(21-50)22-50/h18-19,23-24,27-31,36H,2-17,20-22,25-26H2,1H3,(H2,53,56,57)(H,58,67,69). The maximum absolute atomic E-state index is 15.4. The number of imide groups is 1. The third-order valence-corrected chi connectivity index (χ3v) is 16.5. The van der Waals surface area contributed by atoms with Crippen LogP contribution in [0.2, 0.25) is 0 Å². The molecule has 13 rings (SSSR count). The van der Waals surface area contributed by atoms with E-state index in [9.17, 15) is 19.2 Å². The molecule has 4 amide bonds. The van der Waals surface area contributed by atoms with E-state index in [1.54, 1.807) is 21.7 Å². The van der Waals surface area contributed by atoms with E-state index in [1.165, 1.54) is 23.4 Å². The number of hydrogen-bond donors (Lipinski definition) is 2. The monoisotopic (exact) mass is 988 g/mol. The lowest BCUT2D eigenvalue weighted by Gasteiger charge is -2.61. The van der Waals surface area contributed by atoms with Gasteiger partial charge in [0.1, 0.15) is 35.3 Å². The van der Waals surface area contributed by atoms with Crippen LogP contribution < -0.4 is 20.9 Å². The number of nitrogens with one attached hydrogen (secondary N) is 1. The predicted octanol–water partition coefficient (Wildman–Crippen LogP) is 4.80. The Labute approximate surface area is 413 Å². The second-order valence-electron chi connectivity index (χ2n) is 21.1. The van der Waals surface area contributed by atoms with Gasteiger partial charge < -0.3 is 34.6 Å². The number of piperidine rings is 3. The Kier molecular flexibility index (Phi) is 11.8. The van der Waals surface area contributed by atoms with E-state index in [0.717, 1.165) is 74.3 Å². The molecule has 2 bridgehead atoms. The van der Waals surface area contributed by atoms with E-state index in [4.69, 9.17) is 30.1 Å². The SMILES string of the molecule is CN(c1cc(F)c(N2CCN(CC3CCN(C(=O)COC(=O)N4CCC(c5cnc(-c6c(-c7nn(C89CC(C8)C9)c8ncnc(N)c78)noc6C6CC6)nc5)CC4)CC3)CC2)c(F)c1)C1CCC(=O)NC1=O. The van der Waals surface area contributed by atoms with Crippen molar-refractivity contribution in [3.8, 4) is 22.8 Å². The maximum atomic E-state index is 15.4. The number of rotatable bonds is 12. The number of carbonyl (C=O) groups excluding carboxylic acids is 4. The number of amides is 4. The lowest BCUT2D eigenvalue weighted by Crippen LogP contribution is -2.59. The smallest absolute Gasteiger partial charge is 0.410 e. The number of ether oxygens (including phenoxy) is 1. The molecule has 4 saturated carbocycles. The van der Waals surface area contributed by atoms with Gasteiger partial charge in [-0.3, -0.25) is 24.6 Å². The number of benzene rings is 1. The Morgan fingerprint density at radius 3 is 2.21 bits per heavy atom. The van der Waals surface area contributed by atoms with Gasteiger partial charge in [0.2, 0.25) is 11.8 Å². The molecule has 4 saturated heterocycles. The highest BCUT2D eigenvalue weighted by molar-refractivity contribution is 6.02. The molecule has 5 aromatic rings. The van der Waals surface area contributed by atoms with E-state index < -0.39 is 29.7 Å². The van der Waals surface area contributed by atoms with Crippen LogP contribution >= 0.6 is 0 Å². The fraction of sp³-hybridized carbons (Fsp3) is 0.560. The number of likely N-dealkylation sites (N-methyl/N-ethyl adjacent to an activating group) is 1. The van der Waals surface area contributed by atoms with Crippen molar-refractivity contribution in [1.29, 1.82) is 0 Å². The molecule has 378 valence electrons. The second-order valence-corrected chi connectivity index (χ2v) is 21.1. The summed E-state index contributed by atoms with van der Waals surface area (Å²) in [7, 11) is 1.59. The van der Waals surface area contributed by atoms with E-state index in [1.807, 2.05) is 17.1 Å². The highest BCUT2D eigenvalue weighted by Gasteiger charge is 2.59. The summed E-state index contributed by atoms with van der Waals surface area (Å²) in [5, 5.41) is 12.6. The first-order chi connectivity index (χ1) is 34.9. The summed E-state index contributed by atoms with van der Waals surface area (Å²) >= 11 is 0. The van der Waals surface area contributed by atoms with Crippen molar-refractivity contribution < 1.29 is 37.2 Å². The molecule has 8 fully saturated rings. The van der Waals surface area contributed by atoms with Gasteiger partial charge in [-0.25, -0.2) is 38.2 Å². The van der Waals surface area contributed by atoms with Crippen LogP contribution in [-0.2, 0) is 24.7 Å². The summed E-state index contributed by atoms with van der Waals surface area (Å²) in [5.74, 6) is 0.619. The lowest BCUT2D eigenvalue weighted by atomic mass is 9.50. The minimum atomic E-state index is -0.697. The number of halogens is 2. The number of aromatic nitrogens is 7. The first-order valence-corrected chi connectivity index (χ1v) is 25.4. The van der Waals surface area contributed by atoms with Crippen LogP contribution in [0, 0.1) is 23.5 Å². The summed E-state index contributed by atoms with van der Waals surface area (Å²) in [6, 6.07) is 1.80. The number of nitrogen functional groups attached to an aromatic ring is 1. The summed E-state index contributed by atoms with van der Waals surface area (Å²) < 4.78 is 44.5. The Hall–Kier alpha value is -6.84. The first-order valence-electron chi connectivity index (χ1n) is 25.4. The number of fused-ring (bicyclic) bond motifs is 1. The highest BCUT2D eigenvalue weighted by Crippen LogP contribution is 2.63. The average molecular weight is 989 g/mol. The van der Waals surface area contributed by atoms with Crippen LogP contribution in [0.5, 0.6) is 0 Å². The molecule has 3 N–H and O–H groups in total. The van der Waals surface area contributed by atoms with Gasteiger partial charge in [0.05, 0.1) is 16.5 Å². The molecule has 4 aliphatic heterocycles. The molecule has 1 atom stereocenters. The molecular formula is C50H58F2N14O6. The molecule has 22 heteroatoms. The summed E-state index contributed by atoms with van der Waals surface area (Å²) in [5.41, 5.74) is 10.1. The van der Waals surface area contributed by atoms with Crippen molar-refractivity contribution in [2.75, 3.05) is 88.1 Å². The van der Waals surface area contributed by atoms with Gasteiger partial charge in [-0.2, -0.15) is 5.10 Å². The Morgan fingerprint density at radius 2 is 1.56 bits per heavy atom. The summed E-state index contributed by atoms with van der Waals surface area (Å²) in [6.45, 7) is 4.75. The van der Waals surface area contributed by atoms with Gasteiger partial charge in [-0.05, 0) is 99.7 Å². The Morgan fingerprint density at radius 1 is 0.861 bits per heavy atom. The van der Waals surface area contributed by atoms with Crippen LogP contribution in [0.3, 0.4) is 0 Å². The number of hydrogen-bond acceptors (Lipinski definition) is 16. The summed E-state index contributed by atoms with van der Waals surface area (Å²) in [6.07, 6.45) is 13.4. The van der Waals surface area contributed by atoms with Crippen molar-refractivity contribution in [2.24, 2.45) is 11.8 Å². The number of likely N-dealkylation sites (tertiary alicyclic amines) is 2. The van der Waals surface area contributed by atoms with Crippen LogP contribution in [0.15, 0.2) is 35.4 Å². The number of anilines is 3. The molecule has 20 nitrogen and oxygen atoms in total. The number of nitrogens with zero attached hydrogens (tertiary/aromatic N) is 12. The molecule has 8 aliphatic rings. The number of piperazine rings is 1. The Balaban J connectivity index is 0.593. The lowest BCUT2D eigenvalue weighted by molar-refractivity contribution is -0.136. The molecule has 0 radical (unpaired) electrons. The zero-order chi connectivity index (χ0) is 49.4. The van der Waals surface area contributed by atoms with Gasteiger partial charge in [0.15, 0.2) is 35.5 Å². The Bertz CT molecular complexity index is 2900. The summed E-state index contributed by atoms with van der Waals surface area (Å²) in [4.78, 5) is 77.9. The molecule has 4 aromatic heterocycles. The minimum absolute atomic E-state index is 0.0350. The molecule has 72 heavy (non-hydrogen) atoms. The first kappa shape index (κ1) is 46.2. The van der Waals surface area contributed by atoms with E-state index in [-0.39, 0.29) is 60.0 Å². The van der Waals surface area contributed by atoms with E-state index in [0.29, 0.717) is 105 Å². The van der Waals surface area contributed by atoms with Crippen LogP contribution in [-0.4, -0.2) is 152 Å². The van der Waals surface area contributed by atoms with Crippen LogP contribution in [0.1, 0.15) is 93.8 Å². The van der Waals surface area contributed by atoms with E-state index in [2.05, 4.69) is 25.3 Å². The normalized spacial score (nSPS) is 24.0. The second kappa shape index (κ2) is 18.3.